The number of Topliss-reactive ketones (excluding diaryl/α,β-unsaturated/α-hetero) is 1. The van der Waals surface area contributed by atoms with E-state index < -0.39 is 0 Å². The minimum atomic E-state index is -0.0205. The Hall–Kier alpha value is -3.77. The van der Waals surface area contributed by atoms with Crippen molar-refractivity contribution in [1.29, 1.82) is 0 Å². The molecule has 6 nitrogen and oxygen atoms in total. The second-order valence-electron chi connectivity index (χ2n) is 7.15. The van der Waals surface area contributed by atoms with Crippen LogP contribution in [0.4, 0.5) is 5.69 Å². The number of methoxy groups -OCH3 is 4. The molecule has 0 aliphatic rings. The number of hydrogen-bond acceptors (Lipinski definition) is 6. The number of ether oxygens (including phenoxy) is 4. The lowest BCUT2D eigenvalue weighted by atomic mass is 10.1. The molecule has 0 amide bonds. The van der Waals surface area contributed by atoms with Crippen LogP contribution < -0.4 is 18.9 Å². The summed E-state index contributed by atoms with van der Waals surface area (Å²) in [7, 11) is 6.23. The molecule has 0 aliphatic heterocycles. The van der Waals surface area contributed by atoms with Gasteiger partial charge in [-0.3, -0.25) is 9.79 Å². The lowest BCUT2D eigenvalue weighted by molar-refractivity contribution is 0.100. The number of benzene rings is 3. The van der Waals surface area contributed by atoms with Crippen molar-refractivity contribution in [1.82, 2.24) is 0 Å². The first-order chi connectivity index (χ1) is 16.5. The molecule has 0 aromatic heterocycles. The van der Waals surface area contributed by atoms with Crippen LogP contribution in [0.5, 0.6) is 23.0 Å². The van der Waals surface area contributed by atoms with Gasteiger partial charge in [0, 0.05) is 18.2 Å². The number of ketones is 1. The summed E-state index contributed by atoms with van der Waals surface area (Å²) in [6.45, 7) is 0. The average Bonchev–Trinajstić information content (AvgIpc) is 2.87. The Kier molecular flexibility index (Phi) is 8.71. The summed E-state index contributed by atoms with van der Waals surface area (Å²) in [4.78, 5) is 16.8. The lowest BCUT2D eigenvalue weighted by Gasteiger charge is -2.13. The Bertz CT molecular complexity index is 1180. The third-order valence-electron chi connectivity index (χ3n) is 5.01. The zero-order valence-corrected chi connectivity index (χ0v) is 20.3. The Morgan fingerprint density at radius 3 is 1.97 bits per heavy atom. The molecule has 0 unspecified atom stereocenters. The van der Waals surface area contributed by atoms with E-state index in [1.165, 1.54) is 7.11 Å². The maximum absolute atomic E-state index is 12.3. The lowest BCUT2D eigenvalue weighted by Crippen LogP contribution is -1.98. The van der Waals surface area contributed by atoms with E-state index in [2.05, 4.69) is 4.99 Å². The Balaban J connectivity index is 1.86. The predicted octanol–water partition coefficient (Wildman–Crippen LogP) is 6.52. The largest absolute Gasteiger partial charge is 0.493 e. The molecule has 0 N–H and O–H groups in total. The van der Waals surface area contributed by atoms with Gasteiger partial charge in [-0.2, -0.15) is 0 Å². The zero-order chi connectivity index (χ0) is 24.5. The van der Waals surface area contributed by atoms with Crippen LogP contribution >= 0.6 is 11.6 Å². The highest BCUT2D eigenvalue weighted by atomic mass is 35.5. The summed E-state index contributed by atoms with van der Waals surface area (Å²) in [5, 5.41) is 0.413. The van der Waals surface area contributed by atoms with Crippen LogP contribution in [0.15, 0.2) is 59.6 Å². The fraction of sp³-hybridized carbons (Fsp3) is 0.185. The molecule has 0 saturated carbocycles. The smallest absolute Gasteiger partial charge is 0.203 e. The fourth-order valence-corrected chi connectivity index (χ4v) is 3.65. The van der Waals surface area contributed by atoms with Crippen LogP contribution in [0.2, 0.25) is 5.02 Å². The normalized spacial score (nSPS) is 11.1. The summed E-state index contributed by atoms with van der Waals surface area (Å²) in [6.07, 6.45) is 5.52. The molecule has 0 atom stereocenters. The fourth-order valence-electron chi connectivity index (χ4n) is 3.35. The minimum Gasteiger partial charge on any atom is -0.493 e. The van der Waals surface area contributed by atoms with Crippen molar-refractivity contribution in [2.75, 3.05) is 28.4 Å². The first kappa shape index (κ1) is 24.9. The van der Waals surface area contributed by atoms with Crippen LogP contribution in [0.25, 0.3) is 12.2 Å². The van der Waals surface area contributed by atoms with Crippen molar-refractivity contribution in [2.24, 2.45) is 4.99 Å². The molecule has 0 bridgehead atoms. The Morgan fingerprint density at radius 1 is 0.824 bits per heavy atom. The van der Waals surface area contributed by atoms with Crippen LogP contribution in [-0.4, -0.2) is 40.4 Å². The van der Waals surface area contributed by atoms with Crippen LogP contribution in [0.3, 0.4) is 0 Å². The highest BCUT2D eigenvalue weighted by Gasteiger charge is 2.13. The number of aliphatic imine (C=N–C) groups is 1. The van der Waals surface area contributed by atoms with Gasteiger partial charge >= 0.3 is 0 Å². The van der Waals surface area contributed by atoms with E-state index in [1.807, 2.05) is 48.6 Å². The zero-order valence-electron chi connectivity index (χ0n) is 19.5. The third kappa shape index (κ3) is 5.97. The third-order valence-corrected chi connectivity index (χ3v) is 5.29. The second-order valence-corrected chi connectivity index (χ2v) is 7.56. The minimum absolute atomic E-state index is 0.0205. The summed E-state index contributed by atoms with van der Waals surface area (Å²) in [5.74, 6) is 2.06. The van der Waals surface area contributed by atoms with E-state index in [0.717, 1.165) is 11.1 Å². The van der Waals surface area contributed by atoms with E-state index in [9.17, 15) is 4.79 Å². The van der Waals surface area contributed by atoms with E-state index in [1.54, 1.807) is 45.7 Å². The molecule has 0 aliphatic carbocycles. The van der Waals surface area contributed by atoms with Gasteiger partial charge in [-0.15, -0.1) is 0 Å². The van der Waals surface area contributed by atoms with Gasteiger partial charge in [-0.25, -0.2) is 0 Å². The predicted molar refractivity (Wildman–Crippen MR) is 137 cm³/mol. The SMILES string of the molecule is COc1cc(/C=C\c2cc(Cl)c(OC)c(N=CCC(=O)c3ccccc3)c2)cc(OC)c1OC. The number of carbonyl (C=O) groups is 1. The molecular weight excluding hydrogens is 454 g/mol. The first-order valence-corrected chi connectivity index (χ1v) is 10.8. The van der Waals surface area contributed by atoms with Crippen molar-refractivity contribution in [3.05, 3.63) is 76.3 Å². The molecule has 176 valence electrons. The highest BCUT2D eigenvalue weighted by molar-refractivity contribution is 6.32. The van der Waals surface area contributed by atoms with Crippen molar-refractivity contribution in [3.8, 4) is 23.0 Å². The van der Waals surface area contributed by atoms with Crippen LogP contribution in [0, 0.1) is 0 Å². The van der Waals surface area contributed by atoms with Gasteiger partial charge in [0.15, 0.2) is 23.0 Å². The molecule has 34 heavy (non-hydrogen) atoms. The van der Waals surface area contributed by atoms with Crippen molar-refractivity contribution >= 4 is 41.4 Å². The maximum Gasteiger partial charge on any atom is 0.203 e. The van der Waals surface area contributed by atoms with Crippen molar-refractivity contribution < 1.29 is 23.7 Å². The molecule has 0 heterocycles. The standard InChI is InChI=1S/C27H26ClNO5/c1-31-24-16-19(17-25(32-2)27(24)34-4)11-10-18-14-21(28)26(33-3)22(15-18)29-13-12-23(30)20-8-6-5-7-9-20/h5-11,13-17H,12H2,1-4H3/b11-10-,29-13?. The second kappa shape index (κ2) is 11.9. The van der Waals surface area contributed by atoms with Gasteiger partial charge in [0.1, 0.15) is 5.69 Å². The molecule has 0 radical (unpaired) electrons. The number of halogens is 1. The van der Waals surface area contributed by atoms with Gasteiger partial charge in [0.05, 0.1) is 33.5 Å². The quantitative estimate of drug-likeness (QED) is 0.188. The van der Waals surface area contributed by atoms with Gasteiger partial charge in [-0.1, -0.05) is 54.1 Å². The van der Waals surface area contributed by atoms with Gasteiger partial charge in [-0.05, 0) is 35.4 Å². The van der Waals surface area contributed by atoms with E-state index in [4.69, 9.17) is 30.5 Å². The van der Waals surface area contributed by atoms with Crippen LogP contribution in [0.1, 0.15) is 27.9 Å². The summed E-state index contributed by atoms with van der Waals surface area (Å²) in [5.41, 5.74) is 2.82. The number of nitrogens with zero attached hydrogens (tertiary/aromatic N) is 1. The monoisotopic (exact) mass is 479 g/mol. The number of rotatable bonds is 10. The van der Waals surface area contributed by atoms with Gasteiger partial charge < -0.3 is 18.9 Å². The highest BCUT2D eigenvalue weighted by Crippen LogP contribution is 2.39. The van der Waals surface area contributed by atoms with Gasteiger partial charge in [0.25, 0.3) is 0 Å². The van der Waals surface area contributed by atoms with Gasteiger partial charge in [0.2, 0.25) is 5.75 Å². The molecule has 0 fully saturated rings. The van der Waals surface area contributed by atoms with Crippen LogP contribution in [-0.2, 0) is 0 Å². The molecular formula is C27H26ClNO5. The van der Waals surface area contributed by atoms with E-state index >= 15 is 0 Å². The molecule has 3 aromatic rings. The summed E-state index contributed by atoms with van der Waals surface area (Å²) >= 11 is 6.43. The summed E-state index contributed by atoms with van der Waals surface area (Å²) in [6, 6.07) is 16.4. The molecule has 0 spiro atoms. The molecule has 3 aromatic carbocycles. The number of carbonyl (C=O) groups excluding carboxylic acids is 1. The van der Waals surface area contributed by atoms with E-state index in [-0.39, 0.29) is 12.2 Å². The molecule has 7 heteroatoms. The molecule has 3 rings (SSSR count). The summed E-state index contributed by atoms with van der Waals surface area (Å²) < 4.78 is 21.6. The Labute approximate surface area is 204 Å². The average molecular weight is 480 g/mol. The van der Waals surface area contributed by atoms with E-state index in [0.29, 0.717) is 39.3 Å². The topological polar surface area (TPSA) is 66.4 Å². The molecule has 0 saturated heterocycles. The first-order valence-electron chi connectivity index (χ1n) is 10.5. The van der Waals surface area contributed by atoms with Crippen molar-refractivity contribution in [3.63, 3.8) is 0 Å². The Morgan fingerprint density at radius 2 is 1.41 bits per heavy atom. The maximum atomic E-state index is 12.3. The number of hydrogen-bond donors (Lipinski definition) is 0. The van der Waals surface area contributed by atoms with Crippen molar-refractivity contribution in [2.45, 2.75) is 6.42 Å².